The van der Waals surface area contributed by atoms with Gasteiger partial charge >= 0.3 is 5.97 Å². The SMILES string of the molecule is CCCCC[C@@H](O)C[C@@H]1Cc2cc3cc(OC)cc(O)c3c(O)c2C(=O)O1. The quantitative estimate of drug-likeness (QED) is 0.505. The van der Waals surface area contributed by atoms with Crippen LogP contribution in [0.15, 0.2) is 18.2 Å². The fourth-order valence-corrected chi connectivity index (χ4v) is 3.72. The summed E-state index contributed by atoms with van der Waals surface area (Å²) in [4.78, 5) is 12.5. The Kier molecular flexibility index (Phi) is 5.75. The maximum Gasteiger partial charge on any atom is 0.342 e. The number of carbonyl (C=O) groups is 1. The summed E-state index contributed by atoms with van der Waals surface area (Å²) in [7, 11) is 1.49. The number of carbonyl (C=O) groups excluding carboxylic acids is 1. The lowest BCUT2D eigenvalue weighted by molar-refractivity contribution is 0.00866. The van der Waals surface area contributed by atoms with E-state index in [0.717, 1.165) is 19.3 Å². The standard InChI is InChI=1S/C21H26O6/c1-3-4-5-6-14(22)10-16-9-13-7-12-8-15(26-2)11-17(23)18(12)20(24)19(13)21(25)27-16/h7-8,11,14,16,22-24H,3-6,9-10H2,1-2H3/t14-,16+/m1/s1. The van der Waals surface area contributed by atoms with Crippen LogP contribution in [0.5, 0.6) is 17.2 Å². The van der Waals surface area contributed by atoms with Gasteiger partial charge < -0.3 is 24.8 Å². The molecule has 146 valence electrons. The average Bonchev–Trinajstić information content (AvgIpc) is 2.60. The number of aromatic hydroxyl groups is 2. The maximum absolute atomic E-state index is 12.5. The van der Waals surface area contributed by atoms with E-state index in [1.807, 2.05) is 0 Å². The normalized spacial score (nSPS) is 17.4. The number of ether oxygens (including phenoxy) is 2. The van der Waals surface area contributed by atoms with E-state index in [4.69, 9.17) is 9.47 Å². The zero-order valence-corrected chi connectivity index (χ0v) is 15.7. The van der Waals surface area contributed by atoms with Crippen LogP contribution in [0.4, 0.5) is 0 Å². The number of cyclic esters (lactones) is 1. The van der Waals surface area contributed by atoms with Gasteiger partial charge in [-0.3, -0.25) is 0 Å². The van der Waals surface area contributed by atoms with Crippen molar-refractivity contribution >= 4 is 16.7 Å². The summed E-state index contributed by atoms with van der Waals surface area (Å²) in [6, 6.07) is 4.85. The number of unbranched alkanes of at least 4 members (excludes halogenated alkanes) is 2. The van der Waals surface area contributed by atoms with Crippen LogP contribution in [-0.4, -0.2) is 40.6 Å². The largest absolute Gasteiger partial charge is 0.507 e. The summed E-state index contributed by atoms with van der Waals surface area (Å²) >= 11 is 0. The van der Waals surface area contributed by atoms with Crippen LogP contribution in [-0.2, 0) is 11.2 Å². The van der Waals surface area contributed by atoms with Crippen molar-refractivity contribution in [3.05, 3.63) is 29.3 Å². The molecule has 0 saturated heterocycles. The molecule has 3 N–H and O–H groups in total. The smallest absolute Gasteiger partial charge is 0.342 e. The Hall–Kier alpha value is -2.47. The highest BCUT2D eigenvalue weighted by molar-refractivity contribution is 6.05. The zero-order valence-electron chi connectivity index (χ0n) is 15.7. The minimum Gasteiger partial charge on any atom is -0.507 e. The molecule has 0 unspecified atom stereocenters. The van der Waals surface area contributed by atoms with Crippen molar-refractivity contribution in [1.82, 2.24) is 0 Å². The van der Waals surface area contributed by atoms with E-state index in [1.54, 1.807) is 12.1 Å². The second-order valence-corrected chi connectivity index (χ2v) is 7.12. The minimum atomic E-state index is -0.628. The van der Waals surface area contributed by atoms with Gasteiger partial charge in [0.05, 0.1) is 18.6 Å². The molecular weight excluding hydrogens is 348 g/mol. The highest BCUT2D eigenvalue weighted by Gasteiger charge is 2.32. The molecule has 1 aliphatic rings. The van der Waals surface area contributed by atoms with E-state index >= 15 is 0 Å². The van der Waals surface area contributed by atoms with Crippen molar-refractivity contribution in [2.45, 2.75) is 57.7 Å². The molecule has 0 amide bonds. The number of methoxy groups -OCH3 is 1. The Bertz CT molecular complexity index is 844. The molecule has 0 radical (unpaired) electrons. The van der Waals surface area contributed by atoms with E-state index in [2.05, 4.69) is 6.92 Å². The molecule has 0 aromatic heterocycles. The molecule has 6 heteroatoms. The lowest BCUT2D eigenvalue weighted by Gasteiger charge is -2.27. The van der Waals surface area contributed by atoms with Gasteiger partial charge in [0.2, 0.25) is 0 Å². The van der Waals surface area contributed by atoms with E-state index in [1.165, 1.54) is 13.2 Å². The summed E-state index contributed by atoms with van der Waals surface area (Å²) < 4.78 is 10.6. The number of phenolic OH excluding ortho intramolecular Hbond substituents is 2. The van der Waals surface area contributed by atoms with Crippen molar-refractivity contribution < 1.29 is 29.6 Å². The first kappa shape index (κ1) is 19.3. The molecule has 3 rings (SSSR count). The van der Waals surface area contributed by atoms with Crippen LogP contribution >= 0.6 is 0 Å². The van der Waals surface area contributed by atoms with Crippen molar-refractivity contribution in [3.8, 4) is 17.2 Å². The van der Waals surface area contributed by atoms with Crippen LogP contribution in [0.3, 0.4) is 0 Å². The zero-order chi connectivity index (χ0) is 19.6. The van der Waals surface area contributed by atoms with Gasteiger partial charge in [-0.25, -0.2) is 4.79 Å². The first-order valence-corrected chi connectivity index (χ1v) is 9.39. The molecule has 27 heavy (non-hydrogen) atoms. The molecule has 2 aromatic carbocycles. The number of aliphatic hydroxyl groups excluding tert-OH is 1. The van der Waals surface area contributed by atoms with Crippen LogP contribution in [0.25, 0.3) is 10.8 Å². The number of fused-ring (bicyclic) bond motifs is 2. The topological polar surface area (TPSA) is 96.2 Å². The van der Waals surface area contributed by atoms with Crippen molar-refractivity contribution in [1.29, 1.82) is 0 Å². The summed E-state index contributed by atoms with van der Waals surface area (Å²) in [5, 5.41) is 31.8. The second kappa shape index (κ2) is 8.05. The molecule has 0 fully saturated rings. The number of aliphatic hydroxyl groups is 1. The number of hydrogen-bond acceptors (Lipinski definition) is 6. The Balaban J connectivity index is 1.88. The van der Waals surface area contributed by atoms with E-state index in [-0.39, 0.29) is 22.4 Å². The first-order valence-electron chi connectivity index (χ1n) is 9.39. The molecule has 0 saturated carbocycles. The van der Waals surface area contributed by atoms with Crippen molar-refractivity contribution in [2.75, 3.05) is 7.11 Å². The van der Waals surface area contributed by atoms with Crippen LogP contribution in [0.1, 0.15) is 54.9 Å². The Morgan fingerprint density at radius 3 is 2.74 bits per heavy atom. The predicted octanol–water partition coefficient (Wildman–Crippen LogP) is 3.67. The summed E-state index contributed by atoms with van der Waals surface area (Å²) in [6.07, 6.45) is 3.61. The van der Waals surface area contributed by atoms with Gasteiger partial charge in [0, 0.05) is 18.9 Å². The average molecular weight is 374 g/mol. The predicted molar refractivity (Wildman–Crippen MR) is 102 cm³/mol. The maximum atomic E-state index is 12.5. The number of phenols is 2. The number of hydrogen-bond donors (Lipinski definition) is 3. The van der Waals surface area contributed by atoms with Gasteiger partial charge in [-0.15, -0.1) is 0 Å². The molecule has 0 aliphatic carbocycles. The fraction of sp³-hybridized carbons (Fsp3) is 0.476. The summed E-state index contributed by atoms with van der Waals surface area (Å²) in [6.45, 7) is 2.11. The van der Waals surface area contributed by atoms with Crippen LogP contribution < -0.4 is 4.74 Å². The highest BCUT2D eigenvalue weighted by Crippen LogP contribution is 2.42. The number of esters is 1. The van der Waals surface area contributed by atoms with Crippen molar-refractivity contribution in [2.24, 2.45) is 0 Å². The first-order chi connectivity index (χ1) is 12.9. The minimum absolute atomic E-state index is 0.0830. The number of rotatable bonds is 7. The molecule has 6 nitrogen and oxygen atoms in total. The Morgan fingerprint density at radius 2 is 2.04 bits per heavy atom. The highest BCUT2D eigenvalue weighted by atomic mass is 16.5. The summed E-state index contributed by atoms with van der Waals surface area (Å²) in [5.74, 6) is -0.613. The molecular formula is C21H26O6. The monoisotopic (exact) mass is 374 g/mol. The molecule has 0 spiro atoms. The molecule has 0 bridgehead atoms. The lowest BCUT2D eigenvalue weighted by Crippen LogP contribution is -2.31. The molecule has 1 aliphatic heterocycles. The van der Waals surface area contributed by atoms with Crippen LogP contribution in [0.2, 0.25) is 0 Å². The lowest BCUT2D eigenvalue weighted by atomic mass is 9.91. The van der Waals surface area contributed by atoms with Gasteiger partial charge in [0.25, 0.3) is 0 Å². The third-order valence-corrected chi connectivity index (χ3v) is 5.08. The molecule has 1 heterocycles. The molecule has 2 aromatic rings. The van der Waals surface area contributed by atoms with Gasteiger partial charge in [-0.05, 0) is 29.5 Å². The third-order valence-electron chi connectivity index (χ3n) is 5.08. The molecule has 2 atom stereocenters. The van der Waals surface area contributed by atoms with E-state index in [9.17, 15) is 20.1 Å². The van der Waals surface area contributed by atoms with E-state index < -0.39 is 18.2 Å². The van der Waals surface area contributed by atoms with E-state index in [0.29, 0.717) is 36.0 Å². The number of benzene rings is 2. The van der Waals surface area contributed by atoms with Gasteiger partial charge in [-0.2, -0.15) is 0 Å². The van der Waals surface area contributed by atoms with Gasteiger partial charge in [0.15, 0.2) is 0 Å². The Morgan fingerprint density at radius 1 is 1.26 bits per heavy atom. The fourth-order valence-electron chi connectivity index (χ4n) is 3.72. The summed E-state index contributed by atoms with van der Waals surface area (Å²) in [5.41, 5.74) is 0.731. The third kappa shape index (κ3) is 3.95. The second-order valence-electron chi connectivity index (χ2n) is 7.12. The van der Waals surface area contributed by atoms with Gasteiger partial charge in [0.1, 0.15) is 28.9 Å². The van der Waals surface area contributed by atoms with Gasteiger partial charge in [-0.1, -0.05) is 26.2 Å². The van der Waals surface area contributed by atoms with Crippen LogP contribution in [0, 0.1) is 0 Å². The Labute approximate surface area is 158 Å². The van der Waals surface area contributed by atoms with Crippen molar-refractivity contribution in [3.63, 3.8) is 0 Å².